The molecule has 1 aromatic carbocycles. The summed E-state index contributed by atoms with van der Waals surface area (Å²) < 4.78 is 5.11. The van der Waals surface area contributed by atoms with Crippen molar-refractivity contribution in [3.8, 4) is 5.75 Å². The van der Waals surface area contributed by atoms with Crippen molar-refractivity contribution in [3.05, 3.63) is 48.8 Å². The molecule has 0 aliphatic carbocycles. The Labute approximate surface area is 122 Å². The van der Waals surface area contributed by atoms with Crippen LogP contribution in [0, 0.1) is 0 Å². The van der Waals surface area contributed by atoms with Crippen LogP contribution in [0.1, 0.15) is 6.92 Å². The lowest BCUT2D eigenvalue weighted by molar-refractivity contribution is -0.115. The number of amides is 1. The molecule has 1 heterocycles. The van der Waals surface area contributed by atoms with Crippen molar-refractivity contribution in [2.45, 2.75) is 17.1 Å². The Bertz CT molecular complexity index is 558. The predicted molar refractivity (Wildman–Crippen MR) is 81.2 cm³/mol. The Morgan fingerprint density at radius 2 is 1.85 bits per heavy atom. The maximum Gasteiger partial charge on any atom is 0.237 e. The minimum atomic E-state index is -0.184. The number of ether oxygens (including phenoxy) is 1. The van der Waals surface area contributed by atoms with Crippen LogP contribution in [-0.4, -0.2) is 23.3 Å². The second kappa shape index (κ2) is 6.96. The number of aromatic nitrogens is 1. The first-order valence-corrected chi connectivity index (χ1v) is 7.08. The maximum absolute atomic E-state index is 12.1. The molecule has 0 spiro atoms. The monoisotopic (exact) mass is 288 g/mol. The summed E-state index contributed by atoms with van der Waals surface area (Å²) in [5.41, 5.74) is 0.757. The molecule has 20 heavy (non-hydrogen) atoms. The summed E-state index contributed by atoms with van der Waals surface area (Å²) in [6.07, 6.45) is 3.30. The zero-order valence-corrected chi connectivity index (χ0v) is 12.2. The van der Waals surface area contributed by atoms with E-state index < -0.39 is 0 Å². The van der Waals surface area contributed by atoms with E-state index in [0.717, 1.165) is 16.3 Å². The van der Waals surface area contributed by atoms with Crippen molar-refractivity contribution in [1.82, 2.24) is 4.98 Å². The van der Waals surface area contributed by atoms with E-state index in [1.54, 1.807) is 31.6 Å². The molecular weight excluding hydrogens is 272 g/mol. The molecule has 1 aromatic heterocycles. The van der Waals surface area contributed by atoms with Gasteiger partial charge in [0.15, 0.2) is 0 Å². The highest BCUT2D eigenvalue weighted by atomic mass is 32.2. The standard InChI is InChI=1S/C15H16N2O2S/c1-11(15(18)17-12-7-9-16-10-8-12)20-14-5-3-13(19-2)4-6-14/h3-11H,1-2H3,(H,16,17,18). The van der Waals surface area contributed by atoms with Crippen molar-refractivity contribution >= 4 is 23.4 Å². The molecule has 1 atom stereocenters. The van der Waals surface area contributed by atoms with Gasteiger partial charge in [-0.25, -0.2) is 0 Å². The van der Waals surface area contributed by atoms with Crippen molar-refractivity contribution in [2.24, 2.45) is 0 Å². The second-order valence-electron chi connectivity index (χ2n) is 4.16. The fourth-order valence-corrected chi connectivity index (χ4v) is 2.46. The van der Waals surface area contributed by atoms with E-state index in [-0.39, 0.29) is 11.2 Å². The second-order valence-corrected chi connectivity index (χ2v) is 5.57. The summed E-state index contributed by atoms with van der Waals surface area (Å²) in [7, 11) is 1.63. The third kappa shape index (κ3) is 3.99. The molecule has 0 saturated carbocycles. The zero-order valence-electron chi connectivity index (χ0n) is 11.4. The third-order valence-electron chi connectivity index (χ3n) is 2.69. The molecular formula is C15H16N2O2S. The number of thioether (sulfide) groups is 1. The van der Waals surface area contributed by atoms with Crippen LogP contribution in [0.2, 0.25) is 0 Å². The van der Waals surface area contributed by atoms with Crippen molar-refractivity contribution in [1.29, 1.82) is 0 Å². The van der Waals surface area contributed by atoms with Crippen LogP contribution in [-0.2, 0) is 4.79 Å². The number of hydrogen-bond acceptors (Lipinski definition) is 4. The molecule has 1 unspecified atom stereocenters. The molecule has 0 aliphatic heterocycles. The van der Waals surface area contributed by atoms with Gasteiger partial charge >= 0.3 is 0 Å². The minimum absolute atomic E-state index is 0.0305. The number of pyridine rings is 1. The number of nitrogens with one attached hydrogen (secondary N) is 1. The van der Waals surface area contributed by atoms with Crippen molar-refractivity contribution < 1.29 is 9.53 Å². The topological polar surface area (TPSA) is 51.2 Å². The summed E-state index contributed by atoms with van der Waals surface area (Å²) in [6, 6.07) is 11.2. The average molecular weight is 288 g/mol. The van der Waals surface area contributed by atoms with Gasteiger partial charge in [0.05, 0.1) is 12.4 Å². The van der Waals surface area contributed by atoms with Gasteiger partial charge in [-0.3, -0.25) is 9.78 Å². The summed E-state index contributed by atoms with van der Waals surface area (Å²) in [6.45, 7) is 1.88. The number of carbonyl (C=O) groups excluding carboxylic acids is 1. The Morgan fingerprint density at radius 1 is 1.20 bits per heavy atom. The fourth-order valence-electron chi connectivity index (χ4n) is 1.59. The highest BCUT2D eigenvalue weighted by Crippen LogP contribution is 2.26. The van der Waals surface area contributed by atoms with Gasteiger partial charge in [0.2, 0.25) is 5.91 Å². The number of benzene rings is 1. The first-order chi connectivity index (χ1) is 9.69. The van der Waals surface area contributed by atoms with E-state index in [0.29, 0.717) is 0 Å². The average Bonchev–Trinajstić information content (AvgIpc) is 2.49. The van der Waals surface area contributed by atoms with E-state index in [1.165, 1.54) is 11.8 Å². The molecule has 0 bridgehead atoms. The highest BCUT2D eigenvalue weighted by Gasteiger charge is 2.14. The van der Waals surface area contributed by atoms with E-state index >= 15 is 0 Å². The Kier molecular flexibility index (Phi) is 5.01. The van der Waals surface area contributed by atoms with Crippen LogP contribution in [0.4, 0.5) is 5.69 Å². The van der Waals surface area contributed by atoms with Gasteiger partial charge < -0.3 is 10.1 Å². The zero-order chi connectivity index (χ0) is 14.4. The molecule has 0 radical (unpaired) electrons. The minimum Gasteiger partial charge on any atom is -0.497 e. The summed E-state index contributed by atoms with van der Waals surface area (Å²) >= 11 is 1.51. The largest absolute Gasteiger partial charge is 0.497 e. The summed E-state index contributed by atoms with van der Waals surface area (Å²) in [5.74, 6) is 0.778. The lowest BCUT2D eigenvalue weighted by atomic mass is 10.3. The lowest BCUT2D eigenvalue weighted by Gasteiger charge is -2.12. The fraction of sp³-hybridized carbons (Fsp3) is 0.200. The quantitative estimate of drug-likeness (QED) is 0.858. The smallest absolute Gasteiger partial charge is 0.237 e. The van der Waals surface area contributed by atoms with Crippen LogP contribution < -0.4 is 10.1 Å². The van der Waals surface area contributed by atoms with Gasteiger partial charge in [-0.2, -0.15) is 0 Å². The molecule has 0 saturated heterocycles. The Morgan fingerprint density at radius 3 is 2.45 bits per heavy atom. The van der Waals surface area contributed by atoms with Crippen molar-refractivity contribution in [3.63, 3.8) is 0 Å². The summed E-state index contributed by atoms with van der Waals surface area (Å²) in [4.78, 5) is 17.0. The number of hydrogen-bond donors (Lipinski definition) is 1. The van der Waals surface area contributed by atoms with Gasteiger partial charge in [-0.1, -0.05) is 0 Å². The first-order valence-electron chi connectivity index (χ1n) is 6.20. The van der Waals surface area contributed by atoms with Gasteiger partial charge in [0.25, 0.3) is 0 Å². The SMILES string of the molecule is COc1ccc(SC(C)C(=O)Nc2ccncc2)cc1. The van der Waals surface area contributed by atoms with Crippen LogP contribution in [0.3, 0.4) is 0 Å². The molecule has 2 aromatic rings. The summed E-state index contributed by atoms with van der Waals surface area (Å²) in [5, 5.41) is 2.68. The highest BCUT2D eigenvalue weighted by molar-refractivity contribution is 8.00. The predicted octanol–water partition coefficient (Wildman–Crippen LogP) is 3.21. The number of nitrogens with zero attached hydrogens (tertiary/aromatic N) is 1. The van der Waals surface area contributed by atoms with E-state index in [2.05, 4.69) is 10.3 Å². The van der Waals surface area contributed by atoms with E-state index in [4.69, 9.17) is 4.74 Å². The Hall–Kier alpha value is -2.01. The molecule has 0 aliphatic rings. The molecule has 0 fully saturated rings. The van der Waals surface area contributed by atoms with Crippen LogP contribution >= 0.6 is 11.8 Å². The normalized spacial score (nSPS) is 11.7. The molecule has 104 valence electrons. The van der Waals surface area contributed by atoms with Gasteiger partial charge in [-0.15, -0.1) is 11.8 Å². The number of methoxy groups -OCH3 is 1. The molecule has 2 rings (SSSR count). The maximum atomic E-state index is 12.1. The van der Waals surface area contributed by atoms with Crippen LogP contribution in [0.25, 0.3) is 0 Å². The number of anilines is 1. The lowest BCUT2D eigenvalue weighted by Crippen LogP contribution is -2.22. The van der Waals surface area contributed by atoms with E-state index in [1.807, 2.05) is 31.2 Å². The molecule has 1 amide bonds. The third-order valence-corrected chi connectivity index (χ3v) is 3.80. The van der Waals surface area contributed by atoms with Gasteiger partial charge in [-0.05, 0) is 43.3 Å². The molecule has 5 heteroatoms. The number of rotatable bonds is 5. The first kappa shape index (κ1) is 14.4. The Balaban J connectivity index is 1.93. The van der Waals surface area contributed by atoms with Crippen LogP contribution in [0.5, 0.6) is 5.75 Å². The van der Waals surface area contributed by atoms with Gasteiger partial charge in [0, 0.05) is 23.0 Å². The van der Waals surface area contributed by atoms with E-state index in [9.17, 15) is 4.79 Å². The molecule has 1 N–H and O–H groups in total. The number of carbonyl (C=O) groups is 1. The van der Waals surface area contributed by atoms with Crippen molar-refractivity contribution in [2.75, 3.05) is 12.4 Å². The molecule has 4 nitrogen and oxygen atoms in total. The van der Waals surface area contributed by atoms with Crippen LogP contribution in [0.15, 0.2) is 53.7 Å². The van der Waals surface area contributed by atoms with Gasteiger partial charge in [0.1, 0.15) is 5.75 Å².